The van der Waals surface area contributed by atoms with Gasteiger partial charge in [0.2, 0.25) is 0 Å². The smallest absolute Gasteiger partial charge is 0.146 e. The molecule has 1 aromatic rings. The second-order valence-corrected chi connectivity index (χ2v) is 6.06. The van der Waals surface area contributed by atoms with Crippen molar-refractivity contribution in [2.75, 3.05) is 5.32 Å². The van der Waals surface area contributed by atoms with E-state index >= 15 is 0 Å². The molecule has 1 saturated carbocycles. The Morgan fingerprint density at radius 3 is 2.82 bits per heavy atom. The molecule has 0 bridgehead atoms. The fourth-order valence-corrected chi connectivity index (χ4v) is 2.95. The Morgan fingerprint density at radius 2 is 2.06 bits per heavy atom. The van der Waals surface area contributed by atoms with Crippen molar-refractivity contribution in [2.45, 2.75) is 39.2 Å². The normalized spacial score (nSPS) is 29.1. The third-order valence-corrected chi connectivity index (χ3v) is 4.47. The highest BCUT2D eigenvalue weighted by atomic mass is 79.9. The van der Waals surface area contributed by atoms with Crippen LogP contribution in [0.5, 0.6) is 0 Å². The second kappa shape index (κ2) is 5.38. The van der Waals surface area contributed by atoms with E-state index in [1.807, 2.05) is 6.07 Å². The maximum atomic E-state index is 13.7. The average Bonchev–Trinajstić information content (AvgIpc) is 2.30. The van der Waals surface area contributed by atoms with Crippen LogP contribution in [0.4, 0.5) is 10.1 Å². The lowest BCUT2D eigenvalue weighted by Gasteiger charge is -2.35. The van der Waals surface area contributed by atoms with Gasteiger partial charge in [-0.15, -0.1) is 0 Å². The Hall–Kier alpha value is -0.570. The number of nitrogens with one attached hydrogen (secondary N) is 1. The Balaban J connectivity index is 2.11. The fourth-order valence-electron chi connectivity index (χ4n) is 2.59. The first-order valence-electron chi connectivity index (χ1n) is 6.29. The van der Waals surface area contributed by atoms with Gasteiger partial charge in [-0.1, -0.05) is 42.6 Å². The van der Waals surface area contributed by atoms with Gasteiger partial charge in [0.05, 0.1) is 5.69 Å². The summed E-state index contributed by atoms with van der Waals surface area (Å²) in [4.78, 5) is 0. The van der Waals surface area contributed by atoms with Crippen molar-refractivity contribution in [3.8, 4) is 0 Å². The van der Waals surface area contributed by atoms with Crippen LogP contribution in [-0.4, -0.2) is 6.04 Å². The van der Waals surface area contributed by atoms with E-state index in [1.165, 1.54) is 18.9 Å². The number of halogens is 2. The standard InChI is InChI=1S/C14H19BrFN/c1-9-4-3-5-13(10(9)2)17-14-8-11(15)6-7-12(14)16/h6-10,13,17H,3-5H2,1-2H3. The van der Waals surface area contributed by atoms with E-state index in [0.29, 0.717) is 17.6 Å². The van der Waals surface area contributed by atoms with Gasteiger partial charge in [-0.05, 0) is 36.5 Å². The third-order valence-electron chi connectivity index (χ3n) is 3.98. The van der Waals surface area contributed by atoms with Gasteiger partial charge in [-0.25, -0.2) is 4.39 Å². The summed E-state index contributed by atoms with van der Waals surface area (Å²) in [5, 5.41) is 3.37. The van der Waals surface area contributed by atoms with Crippen LogP contribution in [0, 0.1) is 17.7 Å². The molecule has 3 atom stereocenters. The molecule has 0 heterocycles. The largest absolute Gasteiger partial charge is 0.380 e. The molecule has 0 radical (unpaired) electrons. The molecular weight excluding hydrogens is 281 g/mol. The van der Waals surface area contributed by atoms with E-state index in [1.54, 1.807) is 6.07 Å². The molecule has 0 spiro atoms. The summed E-state index contributed by atoms with van der Waals surface area (Å²) in [6.45, 7) is 4.55. The molecule has 1 fully saturated rings. The lowest BCUT2D eigenvalue weighted by molar-refractivity contribution is 0.253. The summed E-state index contributed by atoms with van der Waals surface area (Å²) >= 11 is 3.38. The van der Waals surface area contributed by atoms with Crippen LogP contribution in [0.15, 0.2) is 22.7 Å². The molecule has 1 aliphatic carbocycles. The highest BCUT2D eigenvalue weighted by molar-refractivity contribution is 9.10. The minimum absolute atomic E-state index is 0.168. The Labute approximate surface area is 111 Å². The quantitative estimate of drug-likeness (QED) is 0.825. The minimum Gasteiger partial charge on any atom is -0.380 e. The number of hydrogen-bond donors (Lipinski definition) is 1. The first kappa shape index (κ1) is 12.9. The highest BCUT2D eigenvalue weighted by Gasteiger charge is 2.27. The van der Waals surface area contributed by atoms with Gasteiger partial charge in [0.15, 0.2) is 0 Å². The van der Waals surface area contributed by atoms with Gasteiger partial charge in [-0.2, -0.15) is 0 Å². The molecule has 2 rings (SSSR count). The topological polar surface area (TPSA) is 12.0 Å². The third kappa shape index (κ3) is 3.01. The molecule has 1 aromatic carbocycles. The average molecular weight is 300 g/mol. The first-order valence-corrected chi connectivity index (χ1v) is 7.09. The zero-order valence-electron chi connectivity index (χ0n) is 10.3. The molecule has 0 amide bonds. The summed E-state index contributed by atoms with van der Waals surface area (Å²) in [5.74, 6) is 1.15. The zero-order chi connectivity index (χ0) is 12.4. The van der Waals surface area contributed by atoms with Gasteiger partial charge >= 0.3 is 0 Å². The van der Waals surface area contributed by atoms with Crippen molar-refractivity contribution in [1.29, 1.82) is 0 Å². The van der Waals surface area contributed by atoms with Crippen LogP contribution in [-0.2, 0) is 0 Å². The van der Waals surface area contributed by atoms with Crippen LogP contribution in [0.2, 0.25) is 0 Å². The van der Waals surface area contributed by atoms with Crippen molar-refractivity contribution >= 4 is 21.6 Å². The number of benzene rings is 1. The maximum Gasteiger partial charge on any atom is 0.146 e. The lowest BCUT2D eigenvalue weighted by atomic mass is 9.78. The molecule has 0 aliphatic heterocycles. The number of hydrogen-bond acceptors (Lipinski definition) is 1. The summed E-state index contributed by atoms with van der Waals surface area (Å²) in [6.07, 6.45) is 3.66. The SMILES string of the molecule is CC1CCCC(Nc2cc(Br)ccc2F)C1C. The molecule has 1 N–H and O–H groups in total. The van der Waals surface area contributed by atoms with Crippen LogP contribution in [0.1, 0.15) is 33.1 Å². The Morgan fingerprint density at radius 1 is 1.29 bits per heavy atom. The van der Waals surface area contributed by atoms with Gasteiger partial charge in [-0.3, -0.25) is 0 Å². The Kier molecular flexibility index (Phi) is 4.08. The van der Waals surface area contributed by atoms with Gasteiger partial charge in [0.25, 0.3) is 0 Å². The van der Waals surface area contributed by atoms with Crippen LogP contribution >= 0.6 is 15.9 Å². The van der Waals surface area contributed by atoms with E-state index in [9.17, 15) is 4.39 Å². The molecule has 1 aliphatic rings. The summed E-state index contributed by atoms with van der Waals surface area (Å²) in [7, 11) is 0. The first-order chi connectivity index (χ1) is 8.08. The molecular formula is C14H19BrFN. The van der Waals surface area contributed by atoms with Gasteiger partial charge < -0.3 is 5.32 Å². The summed E-state index contributed by atoms with van der Waals surface area (Å²) in [5.41, 5.74) is 0.616. The molecule has 1 nitrogen and oxygen atoms in total. The van der Waals surface area contributed by atoms with Crippen LogP contribution < -0.4 is 5.32 Å². The van der Waals surface area contributed by atoms with E-state index in [0.717, 1.165) is 16.8 Å². The monoisotopic (exact) mass is 299 g/mol. The number of anilines is 1. The maximum absolute atomic E-state index is 13.7. The van der Waals surface area contributed by atoms with Crippen molar-refractivity contribution in [3.63, 3.8) is 0 Å². The molecule has 94 valence electrons. The van der Waals surface area contributed by atoms with E-state index in [2.05, 4.69) is 35.1 Å². The van der Waals surface area contributed by atoms with Crippen molar-refractivity contribution in [1.82, 2.24) is 0 Å². The van der Waals surface area contributed by atoms with Crippen LogP contribution in [0.3, 0.4) is 0 Å². The molecule has 0 saturated heterocycles. The Bertz CT molecular complexity index is 394. The number of rotatable bonds is 2. The van der Waals surface area contributed by atoms with Crippen molar-refractivity contribution in [3.05, 3.63) is 28.5 Å². The molecule has 3 heteroatoms. The second-order valence-electron chi connectivity index (χ2n) is 5.14. The fraction of sp³-hybridized carbons (Fsp3) is 0.571. The van der Waals surface area contributed by atoms with Crippen LogP contribution in [0.25, 0.3) is 0 Å². The highest BCUT2D eigenvalue weighted by Crippen LogP contribution is 2.32. The lowest BCUT2D eigenvalue weighted by Crippen LogP contribution is -2.35. The minimum atomic E-state index is -0.168. The molecule has 3 unspecified atom stereocenters. The summed E-state index contributed by atoms with van der Waals surface area (Å²) in [6, 6.07) is 5.44. The van der Waals surface area contributed by atoms with Crippen molar-refractivity contribution in [2.24, 2.45) is 11.8 Å². The van der Waals surface area contributed by atoms with Gasteiger partial charge in [0.1, 0.15) is 5.82 Å². The van der Waals surface area contributed by atoms with E-state index in [4.69, 9.17) is 0 Å². The zero-order valence-corrected chi connectivity index (χ0v) is 11.9. The predicted molar refractivity (Wildman–Crippen MR) is 73.7 cm³/mol. The summed E-state index contributed by atoms with van der Waals surface area (Å²) < 4.78 is 14.6. The molecule has 17 heavy (non-hydrogen) atoms. The predicted octanol–water partition coefficient (Wildman–Crippen LogP) is 4.82. The van der Waals surface area contributed by atoms with E-state index < -0.39 is 0 Å². The van der Waals surface area contributed by atoms with E-state index in [-0.39, 0.29) is 5.82 Å². The van der Waals surface area contributed by atoms with Gasteiger partial charge in [0, 0.05) is 10.5 Å². The molecule has 0 aromatic heterocycles. The van der Waals surface area contributed by atoms with Crippen molar-refractivity contribution < 1.29 is 4.39 Å².